The molecule has 1 saturated heterocycles. The average molecular weight is 475 g/mol. The molecular weight excluding hydrogens is 448 g/mol. The number of carbonyl (C=O) groups is 1. The van der Waals surface area contributed by atoms with Gasteiger partial charge in [-0.15, -0.1) is 11.8 Å². The van der Waals surface area contributed by atoms with Gasteiger partial charge in [-0.25, -0.2) is 0 Å². The van der Waals surface area contributed by atoms with E-state index in [0.29, 0.717) is 6.67 Å². The number of hydrogen-bond donors (Lipinski definition) is 1. The molecule has 1 N–H and O–H groups in total. The molecule has 4 heterocycles. The van der Waals surface area contributed by atoms with Gasteiger partial charge in [-0.3, -0.25) is 19.3 Å². The van der Waals surface area contributed by atoms with E-state index in [2.05, 4.69) is 53.4 Å². The van der Waals surface area contributed by atoms with Crippen LogP contribution in [0.4, 0.5) is 0 Å². The zero-order valence-electron chi connectivity index (χ0n) is 18.9. The number of fused-ring (bicyclic) bond motifs is 3. The van der Waals surface area contributed by atoms with Crippen LogP contribution in [-0.2, 0) is 5.75 Å². The molecule has 1 amide bonds. The van der Waals surface area contributed by atoms with Crippen LogP contribution in [-0.4, -0.2) is 58.3 Å². The van der Waals surface area contributed by atoms with Gasteiger partial charge in [-0.1, -0.05) is 42.5 Å². The van der Waals surface area contributed by atoms with Gasteiger partial charge in [-0.2, -0.15) is 0 Å². The Labute approximate surface area is 202 Å². The second-order valence-electron chi connectivity index (χ2n) is 9.21. The molecule has 2 aromatic carbocycles. The van der Waals surface area contributed by atoms with E-state index in [4.69, 9.17) is 0 Å². The number of aromatic nitrogens is 1. The van der Waals surface area contributed by atoms with Crippen LogP contribution < -0.4 is 10.4 Å². The number of hydrogen-bond acceptors (Lipinski definition) is 6. The fraction of sp³-hybridized carbons (Fsp3) is 0.308. The second kappa shape index (κ2) is 8.21. The van der Waals surface area contributed by atoms with Crippen LogP contribution in [0.15, 0.2) is 70.5 Å². The Hall–Kier alpha value is -3.23. The number of rotatable bonds is 2. The molecule has 0 saturated carbocycles. The van der Waals surface area contributed by atoms with E-state index >= 15 is 0 Å². The monoisotopic (exact) mass is 474 g/mol. The topological polar surface area (TPSA) is 69.0 Å². The Bertz CT molecular complexity index is 1290. The zero-order valence-corrected chi connectivity index (χ0v) is 19.7. The lowest BCUT2D eigenvalue weighted by Gasteiger charge is -2.46. The Morgan fingerprint density at radius 2 is 1.76 bits per heavy atom. The van der Waals surface area contributed by atoms with Crippen LogP contribution in [0.1, 0.15) is 39.6 Å². The number of aromatic hydroxyl groups is 1. The summed E-state index contributed by atoms with van der Waals surface area (Å²) < 4.78 is 1.70. The highest BCUT2D eigenvalue weighted by atomic mass is 32.2. The quantitative estimate of drug-likeness (QED) is 0.616. The van der Waals surface area contributed by atoms with Crippen LogP contribution in [0.5, 0.6) is 5.75 Å². The van der Waals surface area contributed by atoms with Crippen molar-refractivity contribution in [3.63, 3.8) is 0 Å². The molecule has 0 bridgehead atoms. The Kier molecular flexibility index (Phi) is 5.15. The summed E-state index contributed by atoms with van der Waals surface area (Å²) in [4.78, 5) is 31.3. The molecule has 1 unspecified atom stereocenters. The Morgan fingerprint density at radius 3 is 2.56 bits per heavy atom. The molecule has 3 aliphatic heterocycles. The maximum atomic E-state index is 13.6. The molecular formula is C26H26N4O3S. The third kappa shape index (κ3) is 3.32. The molecule has 34 heavy (non-hydrogen) atoms. The summed E-state index contributed by atoms with van der Waals surface area (Å²) in [5.74, 6) is 0.0741. The second-order valence-corrected chi connectivity index (χ2v) is 10.2. The summed E-state index contributed by atoms with van der Waals surface area (Å²) >= 11 is 1.81. The van der Waals surface area contributed by atoms with E-state index in [1.807, 2.05) is 28.8 Å². The van der Waals surface area contributed by atoms with Gasteiger partial charge in [0.1, 0.15) is 6.67 Å². The Balaban J connectivity index is 1.57. The number of likely N-dealkylation sites (N-methyl/N-ethyl adjacent to an activating group) is 1. The Morgan fingerprint density at radius 1 is 1.00 bits per heavy atom. The van der Waals surface area contributed by atoms with Gasteiger partial charge in [0.2, 0.25) is 5.43 Å². The number of thioether (sulfide) groups is 1. The van der Waals surface area contributed by atoms with E-state index < -0.39 is 11.2 Å². The molecule has 0 spiro atoms. The lowest BCUT2D eigenvalue weighted by molar-refractivity contribution is 0.0597. The van der Waals surface area contributed by atoms with Crippen LogP contribution in [0.2, 0.25) is 0 Å². The fourth-order valence-corrected chi connectivity index (χ4v) is 6.52. The molecule has 3 aromatic rings. The van der Waals surface area contributed by atoms with Crippen molar-refractivity contribution in [1.29, 1.82) is 0 Å². The maximum Gasteiger partial charge on any atom is 0.278 e. The first-order valence-electron chi connectivity index (χ1n) is 11.5. The van der Waals surface area contributed by atoms with Gasteiger partial charge in [0, 0.05) is 35.5 Å². The normalized spacial score (nSPS) is 22.2. The van der Waals surface area contributed by atoms with Crippen molar-refractivity contribution in [3.8, 4) is 5.75 Å². The van der Waals surface area contributed by atoms with Crippen LogP contribution >= 0.6 is 11.8 Å². The van der Waals surface area contributed by atoms with Crippen molar-refractivity contribution < 1.29 is 9.90 Å². The van der Waals surface area contributed by atoms with Crippen LogP contribution in [0, 0.1) is 0 Å². The first kappa shape index (κ1) is 21.3. The van der Waals surface area contributed by atoms with Gasteiger partial charge in [0.15, 0.2) is 11.4 Å². The first-order valence-corrected chi connectivity index (χ1v) is 12.5. The van der Waals surface area contributed by atoms with E-state index in [-0.39, 0.29) is 23.7 Å². The van der Waals surface area contributed by atoms with Gasteiger partial charge in [0.05, 0.1) is 6.04 Å². The van der Waals surface area contributed by atoms with Crippen molar-refractivity contribution in [2.75, 3.05) is 31.8 Å². The van der Waals surface area contributed by atoms with Crippen molar-refractivity contribution in [2.24, 2.45) is 0 Å². The molecule has 2 atom stereocenters. The van der Waals surface area contributed by atoms with Gasteiger partial charge in [-0.05, 0) is 42.8 Å². The minimum absolute atomic E-state index is 0.0223. The summed E-state index contributed by atoms with van der Waals surface area (Å²) in [6.07, 6.45) is 2.48. The van der Waals surface area contributed by atoms with Crippen molar-refractivity contribution in [1.82, 2.24) is 14.5 Å². The molecule has 174 valence electrons. The number of pyridine rings is 1. The van der Waals surface area contributed by atoms with Crippen molar-refractivity contribution in [2.45, 2.75) is 29.2 Å². The molecule has 1 fully saturated rings. The summed E-state index contributed by atoms with van der Waals surface area (Å²) in [5.41, 5.74) is 3.06. The van der Waals surface area contributed by atoms with Gasteiger partial charge >= 0.3 is 0 Å². The molecule has 0 aliphatic carbocycles. The summed E-state index contributed by atoms with van der Waals surface area (Å²) in [6.45, 7) is 2.05. The summed E-state index contributed by atoms with van der Waals surface area (Å²) in [6, 6.07) is 18.0. The zero-order chi connectivity index (χ0) is 23.4. The first-order chi connectivity index (χ1) is 16.5. The third-order valence-corrected chi connectivity index (χ3v) is 8.28. The smallest absolute Gasteiger partial charge is 0.278 e. The lowest BCUT2D eigenvalue weighted by Crippen LogP contribution is -2.58. The van der Waals surface area contributed by atoms with Crippen LogP contribution in [0.3, 0.4) is 0 Å². The molecule has 8 heteroatoms. The van der Waals surface area contributed by atoms with E-state index in [0.717, 1.165) is 30.8 Å². The molecule has 1 aromatic heterocycles. The third-order valence-electron chi connectivity index (χ3n) is 7.14. The minimum Gasteiger partial charge on any atom is -0.502 e. The highest BCUT2D eigenvalue weighted by Crippen LogP contribution is 2.43. The highest BCUT2D eigenvalue weighted by molar-refractivity contribution is 7.98. The van der Waals surface area contributed by atoms with E-state index in [9.17, 15) is 14.7 Å². The fourth-order valence-electron chi connectivity index (χ4n) is 5.42. The SMILES string of the molecule is CN1CC[C@@H](N2CN(C3c4ccccc4CSc4ccccc43)n3ccc(=O)c(O)c3C2=O)C1. The molecule has 7 nitrogen and oxygen atoms in total. The molecule has 3 aliphatic rings. The molecule has 0 radical (unpaired) electrons. The standard InChI is InChI=1S/C26H26N4O3S/c1-27-12-10-18(14-27)28-16-30(29-13-11-21(31)25(32)24(29)26(28)33)23-19-7-3-2-6-17(19)15-34-22-9-5-4-8-20(22)23/h2-9,11,13,18,23,32H,10,12,14-16H2,1H3/t18-,23?/m1/s1. The van der Waals surface area contributed by atoms with Crippen molar-refractivity contribution in [3.05, 3.63) is 93.4 Å². The number of benzene rings is 2. The predicted octanol–water partition coefficient (Wildman–Crippen LogP) is 3.00. The maximum absolute atomic E-state index is 13.6. The van der Waals surface area contributed by atoms with Gasteiger partial charge in [0.25, 0.3) is 5.91 Å². The minimum atomic E-state index is -0.540. The summed E-state index contributed by atoms with van der Waals surface area (Å²) in [7, 11) is 2.05. The largest absolute Gasteiger partial charge is 0.502 e. The van der Waals surface area contributed by atoms with E-state index in [1.54, 1.807) is 10.9 Å². The van der Waals surface area contributed by atoms with Gasteiger partial charge < -0.3 is 14.9 Å². The number of nitrogens with zero attached hydrogens (tertiary/aromatic N) is 4. The highest BCUT2D eigenvalue weighted by Gasteiger charge is 2.41. The lowest BCUT2D eigenvalue weighted by atomic mass is 9.94. The van der Waals surface area contributed by atoms with Crippen LogP contribution in [0.25, 0.3) is 0 Å². The van der Waals surface area contributed by atoms with E-state index in [1.165, 1.54) is 22.1 Å². The summed E-state index contributed by atoms with van der Waals surface area (Å²) in [5, 5.41) is 12.9. The number of amides is 1. The molecule has 6 rings (SSSR count). The average Bonchev–Trinajstić information content (AvgIpc) is 3.20. The number of likely N-dealkylation sites (tertiary alicyclic amines) is 1. The predicted molar refractivity (Wildman–Crippen MR) is 132 cm³/mol. The van der Waals surface area contributed by atoms with Crippen molar-refractivity contribution >= 4 is 17.7 Å². The number of carbonyl (C=O) groups excluding carboxylic acids is 1.